The topological polar surface area (TPSA) is 116 Å². The molecule has 4 atom stereocenters. The van der Waals surface area contributed by atoms with E-state index in [0.717, 1.165) is 10.1 Å². The molecular formula is C34H29ClN4O6. The number of fused-ring (bicyclic) bond motifs is 4. The third-order valence-electron chi connectivity index (χ3n) is 9.37. The number of aromatic nitrogens is 3. The van der Waals surface area contributed by atoms with Gasteiger partial charge in [-0.25, -0.2) is 28.4 Å². The van der Waals surface area contributed by atoms with Gasteiger partial charge in [0.1, 0.15) is 0 Å². The van der Waals surface area contributed by atoms with Crippen LogP contribution in [0.2, 0.25) is 5.02 Å². The van der Waals surface area contributed by atoms with Crippen molar-refractivity contribution >= 4 is 35.2 Å². The molecule has 4 aromatic rings. The summed E-state index contributed by atoms with van der Waals surface area (Å²) in [6, 6.07) is 20.1. The molecule has 10 nitrogen and oxygen atoms in total. The van der Waals surface area contributed by atoms with Gasteiger partial charge in [-0.05, 0) is 53.5 Å². The second kappa shape index (κ2) is 10.5. The van der Waals surface area contributed by atoms with Gasteiger partial charge in [-0.1, -0.05) is 72.3 Å². The molecule has 0 bridgehead atoms. The van der Waals surface area contributed by atoms with E-state index in [2.05, 4.69) is 0 Å². The van der Waals surface area contributed by atoms with Crippen LogP contribution in [0, 0.1) is 11.8 Å². The van der Waals surface area contributed by atoms with Gasteiger partial charge in [0.05, 0.1) is 36.7 Å². The zero-order valence-electron chi connectivity index (χ0n) is 24.5. The number of imide groups is 1. The molecule has 11 heteroatoms. The highest BCUT2D eigenvalue weighted by Gasteiger charge is 2.67. The zero-order chi connectivity index (χ0) is 31.6. The number of rotatable bonds is 5. The van der Waals surface area contributed by atoms with Crippen molar-refractivity contribution in [2.75, 3.05) is 12.0 Å². The summed E-state index contributed by atoms with van der Waals surface area (Å²) in [5.74, 6) is -2.11. The molecule has 1 aromatic heterocycles. The lowest BCUT2D eigenvalue weighted by molar-refractivity contribution is -0.124. The first-order valence-electron chi connectivity index (χ1n) is 14.5. The molecule has 45 heavy (non-hydrogen) atoms. The Bertz CT molecular complexity index is 2060. The summed E-state index contributed by atoms with van der Waals surface area (Å²) < 4.78 is 9.18. The second-order valence-corrected chi connectivity index (χ2v) is 12.0. The smallest absolute Gasteiger partial charge is 0.347 e. The number of hydrogen-bond acceptors (Lipinski definition) is 6. The maximum atomic E-state index is 15.0. The molecule has 0 spiro atoms. The van der Waals surface area contributed by atoms with Crippen LogP contribution < -0.4 is 21.0 Å². The number of methoxy groups -OCH3 is 1. The number of benzene rings is 3. The third kappa shape index (κ3) is 4.09. The van der Waals surface area contributed by atoms with Gasteiger partial charge in [0.15, 0.2) is 11.5 Å². The van der Waals surface area contributed by atoms with Crippen molar-refractivity contribution in [2.24, 2.45) is 18.9 Å². The first-order chi connectivity index (χ1) is 21.7. The Morgan fingerprint density at radius 1 is 0.978 bits per heavy atom. The van der Waals surface area contributed by atoms with Crippen molar-refractivity contribution in [1.29, 1.82) is 0 Å². The SMILES string of the molecule is COc1cc(C=C[C@H]2C3=CCn4c(=O)n(C)c(=O)n4[C@@H]3C[C@H]3C(=O)N(c4cccc(Cl)c4)C(=O)[C@@]23c2ccccc2)ccc1O. The summed E-state index contributed by atoms with van der Waals surface area (Å²) >= 11 is 6.33. The molecule has 2 aliphatic heterocycles. The minimum absolute atomic E-state index is 0.0154. The van der Waals surface area contributed by atoms with Crippen molar-refractivity contribution in [3.8, 4) is 11.5 Å². The Morgan fingerprint density at radius 2 is 1.76 bits per heavy atom. The Morgan fingerprint density at radius 3 is 2.49 bits per heavy atom. The van der Waals surface area contributed by atoms with Crippen molar-refractivity contribution in [1.82, 2.24) is 13.9 Å². The van der Waals surface area contributed by atoms with Crippen LogP contribution in [-0.4, -0.2) is 38.0 Å². The largest absolute Gasteiger partial charge is 0.504 e. The van der Waals surface area contributed by atoms with Crippen LogP contribution in [0.4, 0.5) is 5.69 Å². The van der Waals surface area contributed by atoms with E-state index >= 15 is 4.79 Å². The van der Waals surface area contributed by atoms with Crippen LogP contribution in [0.5, 0.6) is 11.5 Å². The first kappa shape index (κ1) is 28.7. The summed E-state index contributed by atoms with van der Waals surface area (Å²) in [4.78, 5) is 57.2. The fourth-order valence-corrected chi connectivity index (χ4v) is 7.55. The molecule has 7 rings (SSSR count). The van der Waals surface area contributed by atoms with E-state index in [4.69, 9.17) is 16.3 Å². The second-order valence-electron chi connectivity index (χ2n) is 11.5. The summed E-state index contributed by atoms with van der Waals surface area (Å²) in [6.45, 7) is 0.133. The summed E-state index contributed by atoms with van der Waals surface area (Å²) in [5, 5.41) is 10.5. The van der Waals surface area contributed by atoms with Gasteiger partial charge in [-0.3, -0.25) is 9.59 Å². The Hall–Kier alpha value is -5.09. The molecular weight excluding hydrogens is 596 g/mol. The van der Waals surface area contributed by atoms with Crippen LogP contribution in [0.15, 0.2) is 100 Å². The van der Waals surface area contributed by atoms with Crippen LogP contribution in [0.3, 0.4) is 0 Å². The summed E-state index contributed by atoms with van der Waals surface area (Å²) in [5.41, 5.74) is 0.170. The van der Waals surface area contributed by atoms with Gasteiger partial charge in [0, 0.05) is 18.0 Å². The number of phenolic OH excluding ortho intramolecular Hbond substituents is 1. The van der Waals surface area contributed by atoms with E-state index in [0.29, 0.717) is 21.8 Å². The fraction of sp³-hybridized carbons (Fsp3) is 0.235. The van der Waals surface area contributed by atoms with Crippen LogP contribution in [-0.2, 0) is 28.6 Å². The van der Waals surface area contributed by atoms with Gasteiger partial charge in [0.25, 0.3) is 0 Å². The van der Waals surface area contributed by atoms with Crippen LogP contribution in [0.1, 0.15) is 23.6 Å². The number of ether oxygens (including phenoxy) is 1. The number of carbonyl (C=O) groups excluding carboxylic acids is 2. The predicted octanol–water partition coefficient (Wildman–Crippen LogP) is 4.06. The molecule has 2 amide bonds. The number of hydrogen-bond donors (Lipinski definition) is 1. The minimum atomic E-state index is -1.37. The average Bonchev–Trinajstić information content (AvgIpc) is 3.41. The highest BCUT2D eigenvalue weighted by Crippen LogP contribution is 2.59. The Kier molecular flexibility index (Phi) is 6.70. The van der Waals surface area contributed by atoms with Crippen molar-refractivity contribution < 1.29 is 19.4 Å². The minimum Gasteiger partial charge on any atom is -0.504 e. The van der Waals surface area contributed by atoms with Gasteiger partial charge < -0.3 is 9.84 Å². The van der Waals surface area contributed by atoms with E-state index < -0.39 is 46.5 Å². The molecule has 3 aliphatic rings. The Balaban J connectivity index is 1.49. The number of halogens is 1. The molecule has 0 unspecified atom stereocenters. The lowest BCUT2D eigenvalue weighted by Gasteiger charge is -2.48. The van der Waals surface area contributed by atoms with Gasteiger partial charge >= 0.3 is 11.4 Å². The maximum Gasteiger partial charge on any atom is 0.347 e. The highest BCUT2D eigenvalue weighted by atomic mass is 35.5. The van der Waals surface area contributed by atoms with Crippen molar-refractivity contribution in [2.45, 2.75) is 24.4 Å². The molecule has 3 aromatic carbocycles. The molecule has 0 radical (unpaired) electrons. The summed E-state index contributed by atoms with van der Waals surface area (Å²) in [6.07, 6.45) is 5.74. The number of aromatic hydroxyl groups is 1. The monoisotopic (exact) mass is 624 g/mol. The molecule has 1 saturated carbocycles. The fourth-order valence-electron chi connectivity index (χ4n) is 7.36. The van der Waals surface area contributed by atoms with Crippen LogP contribution in [0.25, 0.3) is 6.08 Å². The van der Waals surface area contributed by atoms with Crippen LogP contribution >= 0.6 is 11.6 Å². The van der Waals surface area contributed by atoms with E-state index in [-0.39, 0.29) is 24.5 Å². The first-order valence-corrected chi connectivity index (χ1v) is 14.9. The van der Waals surface area contributed by atoms with E-state index in [1.54, 1.807) is 36.4 Å². The van der Waals surface area contributed by atoms with E-state index in [1.165, 1.54) is 34.5 Å². The van der Waals surface area contributed by atoms with E-state index in [9.17, 15) is 19.5 Å². The number of carbonyl (C=O) groups is 2. The lowest BCUT2D eigenvalue weighted by Crippen LogP contribution is -2.53. The molecule has 1 N–H and O–H groups in total. The third-order valence-corrected chi connectivity index (χ3v) is 9.60. The van der Waals surface area contributed by atoms with E-state index in [1.807, 2.05) is 48.6 Å². The summed E-state index contributed by atoms with van der Waals surface area (Å²) in [7, 11) is 2.89. The molecule has 2 fully saturated rings. The normalized spacial score (nSPS) is 23.9. The molecule has 3 heterocycles. The molecule has 1 saturated heterocycles. The number of anilines is 1. The zero-order valence-corrected chi connectivity index (χ0v) is 25.2. The Labute approximate surface area is 262 Å². The quantitative estimate of drug-likeness (QED) is 0.265. The number of nitrogens with zero attached hydrogens (tertiary/aromatic N) is 4. The van der Waals surface area contributed by atoms with Gasteiger partial charge in [-0.15, -0.1) is 0 Å². The van der Waals surface area contributed by atoms with Crippen molar-refractivity contribution in [3.05, 3.63) is 128 Å². The molecule has 228 valence electrons. The molecule has 1 aliphatic carbocycles. The maximum absolute atomic E-state index is 15.0. The number of allylic oxidation sites excluding steroid dienone is 3. The standard InChI is InChI=1S/C34H29ClN4O6/c1-36-32(43)37-16-15-24-25(13-11-20-12-14-28(40)29(17-20)45-2)34(21-7-4-3-5-8-21)26(19-27(24)39(37)33(36)44)30(41)38(31(34)42)23-10-6-9-22(35)18-23/h3-15,17-18,25-27,40H,16,19H2,1-2H3/t25-,26-,27+,34-/m0/s1. The number of amides is 2. The predicted molar refractivity (Wildman–Crippen MR) is 168 cm³/mol. The average molecular weight is 625 g/mol. The lowest BCUT2D eigenvalue weighted by atomic mass is 9.54. The van der Waals surface area contributed by atoms with Gasteiger partial charge in [0.2, 0.25) is 11.8 Å². The number of phenols is 1. The van der Waals surface area contributed by atoms with Gasteiger partial charge in [-0.2, -0.15) is 0 Å². The highest BCUT2D eigenvalue weighted by molar-refractivity contribution is 6.32. The van der Waals surface area contributed by atoms with Crippen molar-refractivity contribution in [3.63, 3.8) is 0 Å².